The molecule has 2 aromatic carbocycles. The van der Waals surface area contributed by atoms with Crippen LogP contribution < -0.4 is 10.1 Å². The van der Waals surface area contributed by atoms with Gasteiger partial charge in [0.15, 0.2) is 5.82 Å². The fourth-order valence-corrected chi connectivity index (χ4v) is 4.42. The lowest BCUT2D eigenvalue weighted by atomic mass is 9.90. The summed E-state index contributed by atoms with van der Waals surface area (Å²) < 4.78 is 67.3. The van der Waals surface area contributed by atoms with Crippen LogP contribution in [-0.2, 0) is 12.5 Å². The first-order valence-electron chi connectivity index (χ1n) is 11.6. The minimum atomic E-state index is -3.43. The number of halogens is 4. The number of anilines is 1. The van der Waals surface area contributed by atoms with Gasteiger partial charge in [0, 0.05) is 31.3 Å². The predicted octanol–water partition coefficient (Wildman–Crippen LogP) is 6.45. The summed E-state index contributed by atoms with van der Waals surface area (Å²) in [5, 5.41) is 7.44. The van der Waals surface area contributed by atoms with Gasteiger partial charge in [-0.1, -0.05) is 39.0 Å². The molecule has 0 bridgehead atoms. The average Bonchev–Trinajstić information content (AvgIpc) is 3.16. The zero-order valence-corrected chi connectivity index (χ0v) is 20.8. The summed E-state index contributed by atoms with van der Waals surface area (Å²) in [6.07, 6.45) is 1.57. The Kier molecular flexibility index (Phi) is 6.88. The van der Waals surface area contributed by atoms with Gasteiger partial charge in [-0.05, 0) is 35.2 Å². The van der Waals surface area contributed by atoms with E-state index in [0.29, 0.717) is 23.9 Å². The van der Waals surface area contributed by atoms with Crippen LogP contribution >= 0.6 is 0 Å². The highest BCUT2D eigenvalue weighted by molar-refractivity contribution is 5.56. The molecule has 1 unspecified atom stereocenters. The number of nitrogens with zero attached hydrogens (tertiary/aromatic N) is 3. The van der Waals surface area contributed by atoms with Crippen LogP contribution in [0, 0.1) is 17.0 Å². The Morgan fingerprint density at radius 2 is 1.86 bits per heavy atom. The number of methoxy groups -OCH3 is 1. The Morgan fingerprint density at radius 1 is 1.17 bits per heavy atom. The molecule has 0 amide bonds. The third-order valence-electron chi connectivity index (χ3n) is 6.09. The number of hydrogen-bond donors (Lipinski definition) is 1. The molecule has 36 heavy (non-hydrogen) atoms. The molecule has 1 aromatic heterocycles. The maximum Gasteiger partial charge on any atom is 0.311 e. The molecule has 0 fully saturated rings. The molecule has 0 saturated heterocycles. The van der Waals surface area contributed by atoms with Gasteiger partial charge in [-0.15, -0.1) is 6.58 Å². The fraction of sp³-hybridized carbons (Fsp3) is 0.370. The fourth-order valence-electron chi connectivity index (χ4n) is 4.42. The molecule has 9 heteroatoms. The third-order valence-corrected chi connectivity index (χ3v) is 6.09. The number of alkyl halides is 2. The highest BCUT2D eigenvalue weighted by Crippen LogP contribution is 2.51. The monoisotopic (exact) mass is 502 g/mol. The topological polar surface area (TPSA) is 42.3 Å². The van der Waals surface area contributed by atoms with Crippen molar-refractivity contribution in [1.82, 2.24) is 14.7 Å². The van der Waals surface area contributed by atoms with Crippen LogP contribution in [0.4, 0.5) is 23.4 Å². The Labute approximate surface area is 208 Å². The quantitative estimate of drug-likeness (QED) is 0.298. The summed E-state index contributed by atoms with van der Waals surface area (Å²) >= 11 is 0. The van der Waals surface area contributed by atoms with E-state index in [-0.39, 0.29) is 35.6 Å². The average molecular weight is 503 g/mol. The molecule has 1 aliphatic heterocycles. The number of fused-ring (bicyclic) bond motifs is 1. The highest BCUT2D eigenvalue weighted by atomic mass is 19.3. The normalized spacial score (nSPS) is 17.5. The van der Waals surface area contributed by atoms with Gasteiger partial charge in [-0.2, -0.15) is 13.9 Å². The molecule has 2 heterocycles. The molecular formula is C27H30F4N4O. The molecule has 0 radical (unpaired) electrons. The molecule has 1 aliphatic rings. The lowest BCUT2D eigenvalue weighted by Gasteiger charge is -2.40. The molecule has 4 rings (SSSR count). The van der Waals surface area contributed by atoms with Crippen molar-refractivity contribution in [2.45, 2.75) is 39.3 Å². The minimum Gasteiger partial charge on any atom is -0.497 e. The molecule has 0 saturated carbocycles. The lowest BCUT2D eigenvalue weighted by molar-refractivity contribution is -0.106. The molecule has 0 aliphatic carbocycles. The van der Waals surface area contributed by atoms with E-state index in [1.165, 1.54) is 13.2 Å². The van der Waals surface area contributed by atoms with Crippen LogP contribution in [-0.4, -0.2) is 34.9 Å². The molecule has 1 N–H and O–H groups in total. The van der Waals surface area contributed by atoms with E-state index in [1.807, 2.05) is 20.8 Å². The van der Waals surface area contributed by atoms with Crippen LogP contribution in [0.3, 0.4) is 0 Å². The maximum atomic E-state index is 16.3. The number of nitrogens with one attached hydrogen (secondary N) is 1. The SMILES string of the molecule is C=CCN1Cc2c(nn(-c3ccc(F)cc3F)c2NCC(C)(C)C)C(F)(F)C1c1ccc(OC)cc1. The first-order valence-corrected chi connectivity index (χ1v) is 11.6. The van der Waals surface area contributed by atoms with Crippen molar-refractivity contribution in [3.8, 4) is 11.4 Å². The van der Waals surface area contributed by atoms with E-state index in [2.05, 4.69) is 17.0 Å². The highest BCUT2D eigenvalue weighted by Gasteiger charge is 2.53. The summed E-state index contributed by atoms with van der Waals surface area (Å²) in [7, 11) is 1.51. The zero-order chi connectivity index (χ0) is 26.3. The van der Waals surface area contributed by atoms with Gasteiger partial charge in [-0.3, -0.25) is 4.90 Å². The summed E-state index contributed by atoms with van der Waals surface area (Å²) in [5.74, 6) is -4.28. The summed E-state index contributed by atoms with van der Waals surface area (Å²) in [4.78, 5) is 1.62. The standard InChI is InChI=1S/C27H30F4N4O/c1-6-13-34-15-20-23(27(30,31)24(34)17-7-10-19(36-5)11-8-17)33-35(25(20)32-16-26(2,3)4)22-12-9-18(28)14-21(22)29/h6-12,14,24,32H,1,13,15-16H2,2-5H3. The van der Waals surface area contributed by atoms with Crippen molar-refractivity contribution in [1.29, 1.82) is 0 Å². The van der Waals surface area contributed by atoms with Gasteiger partial charge in [0.1, 0.15) is 34.8 Å². The van der Waals surface area contributed by atoms with Crippen molar-refractivity contribution in [2.24, 2.45) is 5.41 Å². The second-order valence-electron chi connectivity index (χ2n) is 10.1. The van der Waals surface area contributed by atoms with E-state index >= 15 is 8.78 Å². The number of rotatable bonds is 7. The van der Waals surface area contributed by atoms with Crippen LogP contribution in [0.5, 0.6) is 5.75 Å². The van der Waals surface area contributed by atoms with Crippen LogP contribution in [0.1, 0.15) is 43.6 Å². The first kappa shape index (κ1) is 25.8. The number of aromatic nitrogens is 2. The van der Waals surface area contributed by atoms with Gasteiger partial charge < -0.3 is 10.1 Å². The number of ether oxygens (including phenoxy) is 1. The van der Waals surface area contributed by atoms with E-state index in [1.54, 1.807) is 35.2 Å². The van der Waals surface area contributed by atoms with E-state index in [9.17, 15) is 8.78 Å². The van der Waals surface area contributed by atoms with Crippen molar-refractivity contribution in [3.05, 3.63) is 83.6 Å². The van der Waals surface area contributed by atoms with Crippen LogP contribution in [0.15, 0.2) is 55.1 Å². The van der Waals surface area contributed by atoms with Crippen LogP contribution in [0.25, 0.3) is 5.69 Å². The zero-order valence-electron chi connectivity index (χ0n) is 20.8. The molecule has 1 atom stereocenters. The van der Waals surface area contributed by atoms with Crippen molar-refractivity contribution < 1.29 is 22.3 Å². The molecular weight excluding hydrogens is 472 g/mol. The lowest BCUT2D eigenvalue weighted by Crippen LogP contribution is -2.44. The Morgan fingerprint density at radius 3 is 2.44 bits per heavy atom. The molecule has 5 nitrogen and oxygen atoms in total. The summed E-state index contributed by atoms with van der Waals surface area (Å²) in [6, 6.07) is 8.14. The van der Waals surface area contributed by atoms with Gasteiger partial charge in [0.25, 0.3) is 0 Å². The van der Waals surface area contributed by atoms with Gasteiger partial charge in [0.2, 0.25) is 0 Å². The van der Waals surface area contributed by atoms with Crippen molar-refractivity contribution >= 4 is 5.82 Å². The molecule has 192 valence electrons. The Hall–Kier alpha value is -3.33. The maximum absolute atomic E-state index is 16.3. The van der Waals surface area contributed by atoms with E-state index in [0.717, 1.165) is 10.7 Å². The summed E-state index contributed by atoms with van der Waals surface area (Å²) in [6.45, 7) is 10.5. The Bertz CT molecular complexity index is 1250. The van der Waals surface area contributed by atoms with E-state index < -0.39 is 29.3 Å². The number of benzene rings is 2. The van der Waals surface area contributed by atoms with Gasteiger partial charge in [-0.25, -0.2) is 13.5 Å². The Balaban J connectivity index is 1.90. The molecule has 3 aromatic rings. The third kappa shape index (κ3) is 4.84. The van der Waals surface area contributed by atoms with Gasteiger partial charge in [0.05, 0.1) is 7.11 Å². The second-order valence-corrected chi connectivity index (χ2v) is 10.1. The first-order chi connectivity index (χ1) is 17.0. The predicted molar refractivity (Wildman–Crippen MR) is 132 cm³/mol. The van der Waals surface area contributed by atoms with Crippen LogP contribution in [0.2, 0.25) is 0 Å². The second kappa shape index (κ2) is 9.61. The van der Waals surface area contributed by atoms with E-state index in [4.69, 9.17) is 4.74 Å². The number of hydrogen-bond acceptors (Lipinski definition) is 4. The van der Waals surface area contributed by atoms with Crippen molar-refractivity contribution in [2.75, 3.05) is 25.5 Å². The van der Waals surface area contributed by atoms with Crippen molar-refractivity contribution in [3.63, 3.8) is 0 Å². The minimum absolute atomic E-state index is 0.116. The largest absolute Gasteiger partial charge is 0.497 e. The van der Waals surface area contributed by atoms with Gasteiger partial charge >= 0.3 is 5.92 Å². The smallest absolute Gasteiger partial charge is 0.311 e. The molecule has 0 spiro atoms. The summed E-state index contributed by atoms with van der Waals surface area (Å²) in [5.41, 5.74) is -0.106.